The first kappa shape index (κ1) is 15.5. The summed E-state index contributed by atoms with van der Waals surface area (Å²) in [4.78, 5) is 2.02. The third kappa shape index (κ3) is 4.56. The molecule has 0 spiro atoms. The molecule has 21 heavy (non-hydrogen) atoms. The first-order valence-electron chi connectivity index (χ1n) is 7.10. The molecule has 0 aliphatic heterocycles. The number of aliphatic hydroxyl groups is 2. The summed E-state index contributed by atoms with van der Waals surface area (Å²) in [5.74, 6) is 0. The van der Waals surface area contributed by atoms with Crippen molar-refractivity contribution in [2.24, 2.45) is 0 Å². The monoisotopic (exact) mass is 286 g/mol. The van der Waals surface area contributed by atoms with Crippen LogP contribution in [0.2, 0.25) is 0 Å². The fourth-order valence-corrected chi connectivity index (χ4v) is 2.38. The normalized spacial score (nSPS) is 12.5. The number of nitrogens with two attached hydrogens (primary N) is 1. The number of nitrogen functional groups attached to an aromatic ring is 1. The van der Waals surface area contributed by atoms with Crippen LogP contribution in [0.25, 0.3) is 0 Å². The summed E-state index contributed by atoms with van der Waals surface area (Å²) in [7, 11) is 0. The van der Waals surface area contributed by atoms with Crippen LogP contribution in [0.5, 0.6) is 0 Å². The van der Waals surface area contributed by atoms with Gasteiger partial charge < -0.3 is 15.9 Å². The highest BCUT2D eigenvalue weighted by Gasteiger charge is 2.15. The van der Waals surface area contributed by atoms with Crippen molar-refractivity contribution in [1.82, 2.24) is 4.90 Å². The van der Waals surface area contributed by atoms with E-state index in [1.54, 1.807) is 6.07 Å². The number of rotatable bonds is 7. The van der Waals surface area contributed by atoms with Gasteiger partial charge in [0.1, 0.15) is 0 Å². The maximum Gasteiger partial charge on any atom is 0.0936 e. The van der Waals surface area contributed by atoms with Crippen LogP contribution in [0.15, 0.2) is 54.6 Å². The van der Waals surface area contributed by atoms with E-state index in [0.29, 0.717) is 25.3 Å². The minimum Gasteiger partial charge on any atom is -0.398 e. The van der Waals surface area contributed by atoms with Crippen LogP contribution in [0.1, 0.15) is 17.2 Å². The predicted octanol–water partition coefficient (Wildman–Crippen LogP) is 1.80. The van der Waals surface area contributed by atoms with E-state index < -0.39 is 6.10 Å². The van der Waals surface area contributed by atoms with Crippen molar-refractivity contribution in [3.05, 3.63) is 65.7 Å². The van der Waals surface area contributed by atoms with Gasteiger partial charge in [-0.3, -0.25) is 4.90 Å². The van der Waals surface area contributed by atoms with E-state index in [1.807, 2.05) is 53.4 Å². The molecule has 0 aromatic heterocycles. The molecule has 4 heteroatoms. The van der Waals surface area contributed by atoms with Crippen molar-refractivity contribution >= 4 is 5.69 Å². The van der Waals surface area contributed by atoms with Gasteiger partial charge in [0, 0.05) is 30.9 Å². The molecule has 0 fully saturated rings. The zero-order chi connectivity index (χ0) is 15.1. The quantitative estimate of drug-likeness (QED) is 0.679. The van der Waals surface area contributed by atoms with Crippen LogP contribution in [0.3, 0.4) is 0 Å². The Bertz CT molecular complexity index is 545. The highest BCUT2D eigenvalue weighted by Crippen LogP contribution is 2.21. The zero-order valence-electron chi connectivity index (χ0n) is 12.0. The minimum absolute atomic E-state index is 0.0594. The molecule has 0 aliphatic rings. The molecule has 4 nitrogen and oxygen atoms in total. The lowest BCUT2D eigenvalue weighted by atomic mass is 10.1. The van der Waals surface area contributed by atoms with Gasteiger partial charge >= 0.3 is 0 Å². The fraction of sp³-hybridized carbons (Fsp3) is 0.294. The third-order valence-corrected chi connectivity index (χ3v) is 3.45. The molecule has 1 unspecified atom stereocenters. The molecule has 112 valence electrons. The van der Waals surface area contributed by atoms with Crippen LogP contribution in [-0.4, -0.2) is 34.8 Å². The number of hydrogen-bond donors (Lipinski definition) is 3. The molecule has 4 N–H and O–H groups in total. The van der Waals surface area contributed by atoms with Crippen molar-refractivity contribution in [3.8, 4) is 0 Å². The van der Waals surface area contributed by atoms with Gasteiger partial charge in [0.15, 0.2) is 0 Å². The molecule has 0 radical (unpaired) electrons. The van der Waals surface area contributed by atoms with Crippen molar-refractivity contribution < 1.29 is 10.2 Å². The van der Waals surface area contributed by atoms with Crippen molar-refractivity contribution in [1.29, 1.82) is 0 Å². The number of nitrogens with zero attached hydrogens (tertiary/aromatic N) is 1. The van der Waals surface area contributed by atoms with Gasteiger partial charge in [-0.15, -0.1) is 0 Å². The van der Waals surface area contributed by atoms with E-state index >= 15 is 0 Å². The predicted molar refractivity (Wildman–Crippen MR) is 84.6 cm³/mol. The Morgan fingerprint density at radius 3 is 2.33 bits per heavy atom. The summed E-state index contributed by atoms with van der Waals surface area (Å²) in [5, 5.41) is 19.6. The number of benzene rings is 2. The Morgan fingerprint density at radius 2 is 1.67 bits per heavy atom. The van der Waals surface area contributed by atoms with Gasteiger partial charge in [0.25, 0.3) is 0 Å². The van der Waals surface area contributed by atoms with Crippen LogP contribution in [0.4, 0.5) is 5.69 Å². The molecule has 2 aromatic rings. The largest absolute Gasteiger partial charge is 0.398 e. The van der Waals surface area contributed by atoms with E-state index in [1.165, 1.54) is 0 Å². The number of anilines is 1. The standard InChI is InChI=1S/C17H22N2O2/c18-16-9-5-4-8-15(16)17(21)13-19(10-11-20)12-14-6-2-1-3-7-14/h1-9,17,20-21H,10-13,18H2. The van der Waals surface area contributed by atoms with Gasteiger partial charge in [0.2, 0.25) is 0 Å². The van der Waals surface area contributed by atoms with Gasteiger partial charge in [-0.25, -0.2) is 0 Å². The minimum atomic E-state index is -0.665. The molecule has 0 saturated heterocycles. The second-order valence-corrected chi connectivity index (χ2v) is 5.09. The molecular formula is C17H22N2O2. The smallest absolute Gasteiger partial charge is 0.0936 e. The lowest BCUT2D eigenvalue weighted by molar-refractivity contribution is 0.0961. The maximum absolute atomic E-state index is 10.4. The third-order valence-electron chi connectivity index (χ3n) is 3.45. The average molecular weight is 286 g/mol. The van der Waals surface area contributed by atoms with E-state index in [4.69, 9.17) is 5.73 Å². The Hall–Kier alpha value is -1.88. The summed E-state index contributed by atoms with van der Waals surface area (Å²) in [6.07, 6.45) is -0.665. The second kappa shape index (κ2) is 7.78. The zero-order valence-corrected chi connectivity index (χ0v) is 12.0. The van der Waals surface area contributed by atoms with Crippen LogP contribution in [-0.2, 0) is 6.54 Å². The van der Waals surface area contributed by atoms with E-state index in [2.05, 4.69) is 0 Å². The first-order chi connectivity index (χ1) is 10.2. The first-order valence-corrected chi connectivity index (χ1v) is 7.10. The topological polar surface area (TPSA) is 69.7 Å². The molecule has 0 saturated carbocycles. The van der Waals surface area contributed by atoms with Gasteiger partial charge in [-0.05, 0) is 11.6 Å². The summed E-state index contributed by atoms with van der Waals surface area (Å²) in [6.45, 7) is 1.69. The maximum atomic E-state index is 10.4. The molecule has 2 rings (SSSR count). The fourth-order valence-electron chi connectivity index (χ4n) is 2.38. The number of hydrogen-bond acceptors (Lipinski definition) is 4. The van der Waals surface area contributed by atoms with E-state index in [-0.39, 0.29) is 6.61 Å². The van der Waals surface area contributed by atoms with Gasteiger partial charge in [0.05, 0.1) is 12.7 Å². The highest BCUT2D eigenvalue weighted by molar-refractivity contribution is 5.47. The molecule has 0 amide bonds. The summed E-state index contributed by atoms with van der Waals surface area (Å²) >= 11 is 0. The molecule has 1 atom stereocenters. The lowest BCUT2D eigenvalue weighted by Gasteiger charge is -2.25. The van der Waals surface area contributed by atoms with Crippen molar-refractivity contribution in [2.75, 3.05) is 25.4 Å². The second-order valence-electron chi connectivity index (χ2n) is 5.09. The summed E-state index contributed by atoms with van der Waals surface area (Å²) in [6, 6.07) is 17.3. The summed E-state index contributed by atoms with van der Waals surface area (Å²) < 4.78 is 0. The SMILES string of the molecule is Nc1ccccc1C(O)CN(CCO)Cc1ccccc1. The molecule has 2 aromatic carbocycles. The molecule has 0 heterocycles. The molecule has 0 bridgehead atoms. The van der Waals surface area contributed by atoms with Crippen LogP contribution < -0.4 is 5.73 Å². The molecular weight excluding hydrogens is 264 g/mol. The van der Waals surface area contributed by atoms with Gasteiger partial charge in [-0.2, -0.15) is 0 Å². The Balaban J connectivity index is 2.04. The lowest BCUT2D eigenvalue weighted by Crippen LogP contribution is -2.31. The Kier molecular flexibility index (Phi) is 5.75. The van der Waals surface area contributed by atoms with Crippen molar-refractivity contribution in [3.63, 3.8) is 0 Å². The Morgan fingerprint density at radius 1 is 1.00 bits per heavy atom. The van der Waals surface area contributed by atoms with Gasteiger partial charge in [-0.1, -0.05) is 48.5 Å². The van der Waals surface area contributed by atoms with Crippen LogP contribution >= 0.6 is 0 Å². The van der Waals surface area contributed by atoms with Crippen LogP contribution in [0, 0.1) is 0 Å². The number of para-hydroxylation sites is 1. The Labute approximate surface area is 125 Å². The van der Waals surface area contributed by atoms with E-state index in [9.17, 15) is 10.2 Å². The average Bonchev–Trinajstić information content (AvgIpc) is 2.49. The van der Waals surface area contributed by atoms with Crippen molar-refractivity contribution in [2.45, 2.75) is 12.6 Å². The highest BCUT2D eigenvalue weighted by atomic mass is 16.3. The summed E-state index contributed by atoms with van der Waals surface area (Å²) in [5.41, 5.74) is 8.37. The molecule has 0 aliphatic carbocycles. The number of aliphatic hydroxyl groups excluding tert-OH is 2. The van der Waals surface area contributed by atoms with E-state index in [0.717, 1.165) is 11.1 Å².